The van der Waals surface area contributed by atoms with Crippen LogP contribution in [0.4, 0.5) is 0 Å². The molecule has 1 aromatic heterocycles. The van der Waals surface area contributed by atoms with Crippen LogP contribution in [0.5, 0.6) is 0 Å². The highest BCUT2D eigenvalue weighted by Gasteiger charge is 2.27. The molecule has 3 rings (SSSR count). The average Bonchev–Trinajstić information content (AvgIpc) is 2.94. The third kappa shape index (κ3) is 3.64. The molecule has 1 amide bonds. The van der Waals surface area contributed by atoms with E-state index in [2.05, 4.69) is 28.5 Å². The van der Waals surface area contributed by atoms with Gasteiger partial charge in [-0.25, -0.2) is 9.67 Å². The summed E-state index contributed by atoms with van der Waals surface area (Å²) in [7, 11) is 0. The second-order valence-corrected chi connectivity index (χ2v) is 7.19. The largest absolute Gasteiger partial charge is 0.337 e. The van der Waals surface area contributed by atoms with Gasteiger partial charge in [-0.3, -0.25) is 4.79 Å². The SMILES string of the molecule is CSCc1ccc(C(=O)N2CCC[C@H](n3nc(C)nc3C)C2)cc1. The fourth-order valence-electron chi connectivity index (χ4n) is 3.31. The van der Waals surface area contributed by atoms with E-state index in [9.17, 15) is 4.79 Å². The molecule has 1 aromatic carbocycles. The van der Waals surface area contributed by atoms with Gasteiger partial charge in [0.2, 0.25) is 0 Å². The predicted octanol–water partition coefficient (Wildman–Crippen LogP) is 3.24. The number of aryl methyl sites for hydroxylation is 2. The molecule has 24 heavy (non-hydrogen) atoms. The van der Waals surface area contributed by atoms with Gasteiger partial charge in [-0.2, -0.15) is 16.9 Å². The second kappa shape index (κ2) is 7.38. The van der Waals surface area contributed by atoms with Crippen molar-refractivity contribution >= 4 is 17.7 Å². The van der Waals surface area contributed by atoms with Crippen LogP contribution in [-0.2, 0) is 5.75 Å². The van der Waals surface area contributed by atoms with Gasteiger partial charge in [0.15, 0.2) is 0 Å². The lowest BCUT2D eigenvalue weighted by Gasteiger charge is -2.33. The van der Waals surface area contributed by atoms with Crippen LogP contribution in [0.15, 0.2) is 24.3 Å². The molecule has 0 aliphatic carbocycles. The minimum absolute atomic E-state index is 0.116. The highest BCUT2D eigenvalue weighted by molar-refractivity contribution is 7.97. The van der Waals surface area contributed by atoms with Crippen molar-refractivity contribution in [3.05, 3.63) is 47.0 Å². The molecule has 5 nitrogen and oxygen atoms in total. The van der Waals surface area contributed by atoms with E-state index >= 15 is 0 Å². The Kier molecular flexibility index (Phi) is 5.23. The quantitative estimate of drug-likeness (QED) is 0.854. The van der Waals surface area contributed by atoms with E-state index in [1.165, 1.54) is 5.56 Å². The Morgan fingerprint density at radius 1 is 1.29 bits per heavy atom. The number of rotatable bonds is 4. The number of aromatic nitrogens is 3. The number of hydrogen-bond acceptors (Lipinski definition) is 4. The van der Waals surface area contributed by atoms with Crippen LogP contribution in [0, 0.1) is 13.8 Å². The first-order valence-corrected chi connectivity index (χ1v) is 9.75. The third-order valence-corrected chi connectivity index (χ3v) is 5.07. The zero-order chi connectivity index (χ0) is 17.1. The minimum atomic E-state index is 0.116. The number of thioether (sulfide) groups is 1. The maximum atomic E-state index is 12.8. The van der Waals surface area contributed by atoms with Crippen LogP contribution in [0.2, 0.25) is 0 Å². The molecule has 0 N–H and O–H groups in total. The Hall–Kier alpha value is -1.82. The standard InChI is InChI=1S/C18H24N4OS/c1-13-19-14(2)22(20-13)17-5-4-10-21(11-17)18(23)16-8-6-15(7-9-16)12-24-3/h6-9,17H,4-5,10-12H2,1-3H3/t17-/m0/s1. The molecule has 1 aliphatic rings. The molecular weight excluding hydrogens is 320 g/mol. The van der Waals surface area contributed by atoms with E-state index < -0.39 is 0 Å². The highest BCUT2D eigenvalue weighted by atomic mass is 32.2. The summed E-state index contributed by atoms with van der Waals surface area (Å²) in [6.07, 6.45) is 4.13. The molecule has 1 saturated heterocycles. The first kappa shape index (κ1) is 17.0. The van der Waals surface area contributed by atoms with Crippen molar-refractivity contribution in [3.63, 3.8) is 0 Å². The molecule has 0 saturated carbocycles. The number of hydrogen-bond donors (Lipinski definition) is 0. The molecular formula is C18H24N4OS. The summed E-state index contributed by atoms with van der Waals surface area (Å²) in [5.74, 6) is 2.81. The first-order chi connectivity index (χ1) is 11.6. The summed E-state index contributed by atoms with van der Waals surface area (Å²) in [4.78, 5) is 19.2. The molecule has 0 spiro atoms. The van der Waals surface area contributed by atoms with Crippen LogP contribution >= 0.6 is 11.8 Å². The number of piperidine rings is 1. The lowest BCUT2D eigenvalue weighted by molar-refractivity contribution is 0.0671. The molecule has 0 radical (unpaired) electrons. The van der Waals surface area contributed by atoms with Gasteiger partial charge in [0.05, 0.1) is 6.04 Å². The number of carbonyl (C=O) groups is 1. The Morgan fingerprint density at radius 3 is 2.67 bits per heavy atom. The summed E-state index contributed by atoms with van der Waals surface area (Å²) in [6, 6.07) is 8.22. The van der Waals surface area contributed by atoms with Crippen LogP contribution in [-0.4, -0.2) is 44.9 Å². The topological polar surface area (TPSA) is 51.0 Å². The number of amides is 1. The number of likely N-dealkylation sites (tertiary alicyclic amines) is 1. The van der Waals surface area contributed by atoms with Gasteiger partial charge >= 0.3 is 0 Å². The van der Waals surface area contributed by atoms with Crippen molar-refractivity contribution in [3.8, 4) is 0 Å². The van der Waals surface area contributed by atoms with Gasteiger partial charge in [-0.15, -0.1) is 0 Å². The normalized spacial score (nSPS) is 18.0. The number of benzene rings is 1. The van der Waals surface area contributed by atoms with E-state index in [1.807, 2.05) is 35.6 Å². The lowest BCUT2D eigenvalue weighted by atomic mass is 10.0. The van der Waals surface area contributed by atoms with E-state index in [0.29, 0.717) is 6.54 Å². The molecule has 128 valence electrons. The Bertz CT molecular complexity index is 710. The Balaban J connectivity index is 1.72. The molecule has 1 aliphatic heterocycles. The van der Waals surface area contributed by atoms with E-state index in [-0.39, 0.29) is 11.9 Å². The predicted molar refractivity (Wildman–Crippen MR) is 97.3 cm³/mol. The smallest absolute Gasteiger partial charge is 0.253 e. The summed E-state index contributed by atoms with van der Waals surface area (Å²) in [6.45, 7) is 5.40. The van der Waals surface area contributed by atoms with Gasteiger partial charge in [-0.05, 0) is 50.6 Å². The fourth-order valence-corrected chi connectivity index (χ4v) is 3.84. The monoisotopic (exact) mass is 344 g/mol. The van der Waals surface area contributed by atoms with Gasteiger partial charge in [-0.1, -0.05) is 12.1 Å². The van der Waals surface area contributed by atoms with Crippen molar-refractivity contribution in [1.29, 1.82) is 0 Å². The van der Waals surface area contributed by atoms with Crippen molar-refractivity contribution in [2.24, 2.45) is 0 Å². The summed E-state index contributed by atoms with van der Waals surface area (Å²) >= 11 is 1.79. The third-order valence-electron chi connectivity index (χ3n) is 4.45. The minimum Gasteiger partial charge on any atom is -0.337 e. The van der Waals surface area contributed by atoms with Crippen molar-refractivity contribution < 1.29 is 4.79 Å². The maximum absolute atomic E-state index is 12.8. The Morgan fingerprint density at radius 2 is 2.04 bits per heavy atom. The zero-order valence-corrected chi connectivity index (χ0v) is 15.3. The van der Waals surface area contributed by atoms with E-state index in [1.54, 1.807) is 11.8 Å². The number of carbonyl (C=O) groups excluding carboxylic acids is 1. The van der Waals surface area contributed by atoms with Gasteiger partial charge in [0.25, 0.3) is 5.91 Å². The van der Waals surface area contributed by atoms with Crippen molar-refractivity contribution in [2.45, 2.75) is 38.5 Å². The summed E-state index contributed by atoms with van der Waals surface area (Å²) in [5.41, 5.74) is 2.02. The van der Waals surface area contributed by atoms with Gasteiger partial charge in [0, 0.05) is 24.4 Å². The zero-order valence-electron chi connectivity index (χ0n) is 14.5. The molecule has 2 heterocycles. The highest BCUT2D eigenvalue weighted by Crippen LogP contribution is 2.23. The van der Waals surface area contributed by atoms with Crippen LogP contribution in [0.1, 0.15) is 46.5 Å². The van der Waals surface area contributed by atoms with Crippen LogP contribution < -0.4 is 0 Å². The van der Waals surface area contributed by atoms with E-state index in [4.69, 9.17) is 0 Å². The maximum Gasteiger partial charge on any atom is 0.253 e. The van der Waals surface area contributed by atoms with Crippen molar-refractivity contribution in [1.82, 2.24) is 19.7 Å². The van der Waals surface area contributed by atoms with Gasteiger partial charge < -0.3 is 4.90 Å². The first-order valence-electron chi connectivity index (χ1n) is 8.35. The number of nitrogens with zero attached hydrogens (tertiary/aromatic N) is 4. The fraction of sp³-hybridized carbons (Fsp3) is 0.500. The molecule has 0 bridgehead atoms. The van der Waals surface area contributed by atoms with E-state index in [0.717, 1.165) is 42.4 Å². The second-order valence-electron chi connectivity index (χ2n) is 6.33. The molecule has 2 aromatic rings. The average molecular weight is 344 g/mol. The molecule has 1 fully saturated rings. The van der Waals surface area contributed by atoms with Crippen LogP contribution in [0.3, 0.4) is 0 Å². The van der Waals surface area contributed by atoms with Crippen molar-refractivity contribution in [2.75, 3.05) is 19.3 Å². The summed E-state index contributed by atoms with van der Waals surface area (Å²) in [5, 5.41) is 4.50. The lowest BCUT2D eigenvalue weighted by Crippen LogP contribution is -2.41. The molecule has 0 unspecified atom stereocenters. The molecule has 6 heteroatoms. The van der Waals surface area contributed by atoms with Crippen LogP contribution in [0.25, 0.3) is 0 Å². The molecule has 1 atom stereocenters. The van der Waals surface area contributed by atoms with Gasteiger partial charge in [0.1, 0.15) is 11.6 Å². The summed E-state index contributed by atoms with van der Waals surface area (Å²) < 4.78 is 1.98. The Labute approximate surface area is 147 Å².